The van der Waals surface area contributed by atoms with Crippen molar-refractivity contribution in [3.8, 4) is 11.3 Å². The van der Waals surface area contributed by atoms with E-state index in [1.54, 1.807) is 0 Å². The van der Waals surface area contributed by atoms with Crippen molar-refractivity contribution in [1.29, 1.82) is 0 Å². The summed E-state index contributed by atoms with van der Waals surface area (Å²) in [4.78, 5) is 17.1. The number of halogens is 2. The van der Waals surface area contributed by atoms with Crippen molar-refractivity contribution >= 4 is 5.95 Å². The largest absolute Gasteiger partial charge is 0.369 e. The standard InChI is InChI=1S/C10H7F2N3O/c11-6-1-5(2-7(12)3-6)8-4-9(16)15-10(13)14-8/h1-4H,(H3,13,14,15,16). The van der Waals surface area contributed by atoms with Gasteiger partial charge in [-0.1, -0.05) is 0 Å². The maximum Gasteiger partial charge on any atom is 0.252 e. The summed E-state index contributed by atoms with van der Waals surface area (Å²) in [5.41, 5.74) is 5.13. The minimum Gasteiger partial charge on any atom is -0.369 e. The Bertz CT molecular complexity index is 575. The number of rotatable bonds is 1. The van der Waals surface area contributed by atoms with Gasteiger partial charge in [0.05, 0.1) is 5.69 Å². The zero-order chi connectivity index (χ0) is 11.7. The Hall–Kier alpha value is -2.24. The fraction of sp³-hybridized carbons (Fsp3) is 0. The normalized spacial score (nSPS) is 10.4. The molecule has 0 atom stereocenters. The van der Waals surface area contributed by atoms with Crippen LogP contribution in [0.25, 0.3) is 11.3 Å². The van der Waals surface area contributed by atoms with E-state index in [0.29, 0.717) is 0 Å². The molecule has 6 heteroatoms. The summed E-state index contributed by atoms with van der Waals surface area (Å²) in [7, 11) is 0. The summed E-state index contributed by atoms with van der Waals surface area (Å²) in [5.74, 6) is -1.58. The van der Waals surface area contributed by atoms with E-state index in [1.807, 2.05) is 0 Å². The molecule has 1 aromatic carbocycles. The lowest BCUT2D eigenvalue weighted by molar-refractivity contribution is 0.584. The molecule has 0 aliphatic heterocycles. The average Bonchev–Trinajstić information content (AvgIpc) is 2.14. The van der Waals surface area contributed by atoms with Crippen molar-refractivity contribution in [2.45, 2.75) is 0 Å². The van der Waals surface area contributed by atoms with E-state index in [9.17, 15) is 13.6 Å². The zero-order valence-electron chi connectivity index (χ0n) is 8.00. The molecule has 0 saturated carbocycles. The molecule has 3 N–H and O–H groups in total. The highest BCUT2D eigenvalue weighted by atomic mass is 19.1. The number of nitrogens with one attached hydrogen (secondary N) is 1. The van der Waals surface area contributed by atoms with Crippen LogP contribution in [-0.4, -0.2) is 9.97 Å². The van der Waals surface area contributed by atoms with Gasteiger partial charge in [0.15, 0.2) is 0 Å². The van der Waals surface area contributed by atoms with Crippen LogP contribution in [0.3, 0.4) is 0 Å². The SMILES string of the molecule is Nc1nc(-c2cc(F)cc(F)c2)cc(=O)[nH]1. The number of aromatic amines is 1. The Kier molecular flexibility index (Phi) is 2.40. The second-order valence-electron chi connectivity index (χ2n) is 3.17. The van der Waals surface area contributed by atoms with Crippen LogP contribution in [0.1, 0.15) is 0 Å². The predicted octanol–water partition coefficient (Wildman–Crippen LogP) is 1.30. The molecular formula is C10H7F2N3O. The summed E-state index contributed by atoms with van der Waals surface area (Å²) in [6.07, 6.45) is 0. The number of aromatic nitrogens is 2. The van der Waals surface area contributed by atoms with Gasteiger partial charge in [-0.05, 0) is 12.1 Å². The van der Waals surface area contributed by atoms with Gasteiger partial charge in [-0.15, -0.1) is 0 Å². The van der Waals surface area contributed by atoms with Gasteiger partial charge in [0, 0.05) is 17.7 Å². The molecular weight excluding hydrogens is 216 g/mol. The van der Waals surface area contributed by atoms with Crippen molar-refractivity contribution in [3.63, 3.8) is 0 Å². The molecule has 0 aliphatic rings. The second-order valence-corrected chi connectivity index (χ2v) is 3.17. The molecule has 0 unspecified atom stereocenters. The van der Waals surface area contributed by atoms with E-state index >= 15 is 0 Å². The summed E-state index contributed by atoms with van der Waals surface area (Å²) < 4.78 is 25.9. The van der Waals surface area contributed by atoms with Crippen molar-refractivity contribution in [1.82, 2.24) is 9.97 Å². The number of nitrogens with two attached hydrogens (primary N) is 1. The molecule has 0 bridgehead atoms. The average molecular weight is 223 g/mol. The lowest BCUT2D eigenvalue weighted by Gasteiger charge is -2.01. The first-order chi connectivity index (χ1) is 7.54. The summed E-state index contributed by atoms with van der Waals surface area (Å²) >= 11 is 0. The van der Waals surface area contributed by atoms with Crippen molar-refractivity contribution in [3.05, 3.63) is 46.3 Å². The van der Waals surface area contributed by atoms with Crippen molar-refractivity contribution < 1.29 is 8.78 Å². The minimum atomic E-state index is -0.740. The van der Waals surface area contributed by atoms with Crippen LogP contribution < -0.4 is 11.3 Å². The van der Waals surface area contributed by atoms with Crippen LogP contribution in [0.2, 0.25) is 0 Å². The van der Waals surface area contributed by atoms with Gasteiger partial charge >= 0.3 is 0 Å². The van der Waals surface area contributed by atoms with E-state index in [1.165, 1.54) is 0 Å². The molecule has 82 valence electrons. The van der Waals surface area contributed by atoms with Gasteiger partial charge < -0.3 is 5.73 Å². The van der Waals surface area contributed by atoms with Crippen LogP contribution >= 0.6 is 0 Å². The number of nitrogen functional groups attached to an aromatic ring is 1. The van der Waals surface area contributed by atoms with Crippen molar-refractivity contribution in [2.75, 3.05) is 5.73 Å². The van der Waals surface area contributed by atoms with Gasteiger partial charge in [-0.25, -0.2) is 13.8 Å². The van der Waals surface area contributed by atoms with E-state index in [4.69, 9.17) is 5.73 Å². The van der Waals surface area contributed by atoms with Crippen LogP contribution in [-0.2, 0) is 0 Å². The number of anilines is 1. The number of benzene rings is 1. The second kappa shape index (κ2) is 3.73. The summed E-state index contributed by atoms with van der Waals surface area (Å²) in [6, 6.07) is 4.00. The lowest BCUT2D eigenvalue weighted by Crippen LogP contribution is -2.10. The highest BCUT2D eigenvalue weighted by Gasteiger charge is 2.06. The van der Waals surface area contributed by atoms with Gasteiger partial charge in [-0.3, -0.25) is 9.78 Å². The van der Waals surface area contributed by atoms with E-state index in [0.717, 1.165) is 24.3 Å². The van der Waals surface area contributed by atoms with Crippen molar-refractivity contribution in [2.24, 2.45) is 0 Å². The summed E-state index contributed by atoms with van der Waals surface area (Å²) in [5, 5.41) is 0. The quantitative estimate of drug-likeness (QED) is 0.765. The molecule has 1 heterocycles. The number of hydrogen-bond donors (Lipinski definition) is 2. The van der Waals surface area contributed by atoms with Crippen LogP contribution in [0, 0.1) is 11.6 Å². The maximum atomic E-state index is 12.9. The monoisotopic (exact) mass is 223 g/mol. The minimum absolute atomic E-state index is 0.104. The fourth-order valence-corrected chi connectivity index (χ4v) is 1.33. The van der Waals surface area contributed by atoms with Gasteiger partial charge in [0.2, 0.25) is 5.95 Å². The fourth-order valence-electron chi connectivity index (χ4n) is 1.33. The topological polar surface area (TPSA) is 71.8 Å². The smallest absolute Gasteiger partial charge is 0.252 e. The molecule has 1 aromatic heterocycles. The lowest BCUT2D eigenvalue weighted by atomic mass is 10.1. The zero-order valence-corrected chi connectivity index (χ0v) is 8.00. The molecule has 2 rings (SSSR count). The maximum absolute atomic E-state index is 12.9. The molecule has 0 saturated heterocycles. The Morgan fingerprint density at radius 3 is 2.31 bits per heavy atom. The third-order valence-electron chi connectivity index (χ3n) is 1.92. The first-order valence-corrected chi connectivity index (χ1v) is 4.38. The van der Waals surface area contributed by atoms with Crippen LogP contribution in [0.5, 0.6) is 0 Å². The third kappa shape index (κ3) is 2.05. The highest BCUT2D eigenvalue weighted by molar-refractivity contribution is 5.59. The van der Waals surface area contributed by atoms with E-state index in [-0.39, 0.29) is 17.2 Å². The van der Waals surface area contributed by atoms with Gasteiger partial charge in [0.1, 0.15) is 11.6 Å². The molecule has 0 aliphatic carbocycles. The number of nitrogens with zero attached hydrogens (tertiary/aromatic N) is 1. The third-order valence-corrected chi connectivity index (χ3v) is 1.92. The molecule has 2 aromatic rings. The first kappa shape index (κ1) is 10.3. The van der Waals surface area contributed by atoms with E-state index in [2.05, 4.69) is 9.97 Å². The van der Waals surface area contributed by atoms with Gasteiger partial charge in [-0.2, -0.15) is 0 Å². The molecule has 0 fully saturated rings. The van der Waals surface area contributed by atoms with Crippen LogP contribution in [0.4, 0.5) is 14.7 Å². The first-order valence-electron chi connectivity index (χ1n) is 4.38. The Morgan fingerprint density at radius 1 is 1.12 bits per heavy atom. The van der Waals surface area contributed by atoms with Gasteiger partial charge in [0.25, 0.3) is 5.56 Å². The predicted molar refractivity (Wildman–Crippen MR) is 54.6 cm³/mol. The molecule has 0 amide bonds. The van der Waals surface area contributed by atoms with Crippen LogP contribution in [0.15, 0.2) is 29.1 Å². The molecule has 16 heavy (non-hydrogen) atoms. The Labute approximate surface area is 88.8 Å². The Morgan fingerprint density at radius 2 is 1.75 bits per heavy atom. The van der Waals surface area contributed by atoms with E-state index < -0.39 is 17.2 Å². The number of hydrogen-bond acceptors (Lipinski definition) is 3. The Balaban J connectivity index is 2.62. The molecule has 0 spiro atoms. The molecule has 0 radical (unpaired) electrons. The number of H-pyrrole nitrogens is 1. The molecule has 4 nitrogen and oxygen atoms in total. The summed E-state index contributed by atoms with van der Waals surface area (Å²) in [6.45, 7) is 0. The highest BCUT2D eigenvalue weighted by Crippen LogP contribution is 2.18.